The first-order valence-electron chi connectivity index (χ1n) is 9.24. The first kappa shape index (κ1) is 22.1. The summed E-state index contributed by atoms with van der Waals surface area (Å²) in [4.78, 5) is 16.2. The van der Waals surface area contributed by atoms with Crippen LogP contribution in [0.2, 0.25) is 0 Å². The highest BCUT2D eigenvalue weighted by Crippen LogP contribution is 2.32. The van der Waals surface area contributed by atoms with E-state index in [1.807, 2.05) is 4.90 Å². The highest BCUT2D eigenvalue weighted by atomic mass is 32.2. The van der Waals surface area contributed by atoms with Crippen molar-refractivity contribution in [1.82, 2.24) is 9.21 Å². The third-order valence-corrected chi connectivity index (χ3v) is 6.81. The first-order valence-corrected chi connectivity index (χ1v) is 10.7. The van der Waals surface area contributed by atoms with Crippen molar-refractivity contribution in [3.8, 4) is 0 Å². The molecule has 6 nitrogen and oxygen atoms in total. The van der Waals surface area contributed by atoms with Crippen LogP contribution in [0, 0.1) is 0 Å². The minimum Gasteiger partial charge on any atom is -0.368 e. The molecule has 10 heteroatoms. The zero-order valence-corrected chi connectivity index (χ0v) is 17.4. The fourth-order valence-corrected chi connectivity index (χ4v) is 4.11. The van der Waals surface area contributed by atoms with Gasteiger partial charge in [-0.2, -0.15) is 13.2 Å². The predicted octanol–water partition coefficient (Wildman–Crippen LogP) is 2.92. The first-order chi connectivity index (χ1) is 14.0. The van der Waals surface area contributed by atoms with Gasteiger partial charge in [-0.3, -0.25) is 4.79 Å². The van der Waals surface area contributed by atoms with Crippen LogP contribution in [0.25, 0.3) is 0 Å². The Balaban J connectivity index is 1.66. The highest BCUT2D eigenvalue weighted by molar-refractivity contribution is 7.89. The molecule has 0 unspecified atom stereocenters. The van der Waals surface area contributed by atoms with Gasteiger partial charge in [-0.15, -0.1) is 0 Å². The number of halogens is 3. The lowest BCUT2D eigenvalue weighted by atomic mass is 10.1. The minimum atomic E-state index is -4.40. The molecule has 162 valence electrons. The SMILES string of the molecule is CN(C)S(=O)(=O)c1ccc(C(=O)N2CCN(c3cccc(C(F)(F)F)c3)CC2)cc1. The van der Waals surface area contributed by atoms with Gasteiger partial charge in [-0.05, 0) is 42.5 Å². The topological polar surface area (TPSA) is 60.9 Å². The minimum absolute atomic E-state index is 0.0958. The highest BCUT2D eigenvalue weighted by Gasteiger charge is 2.31. The van der Waals surface area contributed by atoms with Crippen LogP contribution in [-0.2, 0) is 16.2 Å². The number of nitrogens with zero attached hydrogens (tertiary/aromatic N) is 3. The van der Waals surface area contributed by atoms with E-state index in [0.717, 1.165) is 16.4 Å². The summed E-state index contributed by atoms with van der Waals surface area (Å²) in [5, 5.41) is 0. The molecular formula is C20H22F3N3O3S. The van der Waals surface area contributed by atoms with Crippen LogP contribution < -0.4 is 4.90 Å². The van der Waals surface area contributed by atoms with Crippen molar-refractivity contribution in [2.75, 3.05) is 45.2 Å². The Bertz CT molecular complexity index is 1010. The van der Waals surface area contributed by atoms with E-state index in [1.54, 1.807) is 11.0 Å². The van der Waals surface area contributed by atoms with Crippen LogP contribution in [0.15, 0.2) is 53.4 Å². The Morgan fingerprint density at radius 1 is 0.967 bits per heavy atom. The number of hydrogen-bond acceptors (Lipinski definition) is 4. The Morgan fingerprint density at radius 3 is 2.10 bits per heavy atom. The molecule has 0 radical (unpaired) electrons. The van der Waals surface area contributed by atoms with Gasteiger partial charge in [0.25, 0.3) is 5.91 Å². The van der Waals surface area contributed by atoms with Gasteiger partial charge >= 0.3 is 6.18 Å². The van der Waals surface area contributed by atoms with Crippen LogP contribution in [-0.4, -0.2) is 63.8 Å². The Hall–Kier alpha value is -2.59. The van der Waals surface area contributed by atoms with Crippen LogP contribution in [0.4, 0.5) is 18.9 Å². The zero-order valence-electron chi connectivity index (χ0n) is 16.6. The molecule has 0 aromatic heterocycles. The average Bonchev–Trinajstić information content (AvgIpc) is 2.73. The number of sulfonamides is 1. The van der Waals surface area contributed by atoms with E-state index < -0.39 is 21.8 Å². The number of alkyl halides is 3. The fraction of sp³-hybridized carbons (Fsp3) is 0.350. The summed E-state index contributed by atoms with van der Waals surface area (Å²) < 4.78 is 64.1. The summed E-state index contributed by atoms with van der Waals surface area (Å²) >= 11 is 0. The summed E-state index contributed by atoms with van der Waals surface area (Å²) in [7, 11) is -0.717. The smallest absolute Gasteiger partial charge is 0.368 e. The molecule has 0 bridgehead atoms. The van der Waals surface area contributed by atoms with Gasteiger partial charge in [-0.1, -0.05) is 6.07 Å². The molecule has 1 amide bonds. The molecule has 0 spiro atoms. The van der Waals surface area contributed by atoms with Gasteiger partial charge in [0, 0.05) is 51.5 Å². The standard InChI is InChI=1S/C20H22F3N3O3S/c1-24(2)30(28,29)18-8-6-15(7-9-18)19(27)26-12-10-25(11-13-26)17-5-3-4-16(14-17)20(21,22)23/h3-9,14H,10-13H2,1-2H3. The van der Waals surface area contributed by atoms with Crippen molar-refractivity contribution in [2.45, 2.75) is 11.1 Å². The molecule has 0 atom stereocenters. The van der Waals surface area contributed by atoms with E-state index in [1.165, 1.54) is 44.4 Å². The molecule has 1 heterocycles. The number of hydrogen-bond donors (Lipinski definition) is 0. The molecule has 0 saturated carbocycles. The van der Waals surface area contributed by atoms with Gasteiger partial charge in [0.1, 0.15) is 0 Å². The van der Waals surface area contributed by atoms with E-state index in [0.29, 0.717) is 37.4 Å². The second-order valence-corrected chi connectivity index (χ2v) is 9.29. The van der Waals surface area contributed by atoms with Crippen LogP contribution in [0.3, 0.4) is 0 Å². The monoisotopic (exact) mass is 441 g/mol. The third kappa shape index (κ3) is 4.59. The number of anilines is 1. The molecule has 3 rings (SSSR count). The molecule has 0 N–H and O–H groups in total. The maximum atomic E-state index is 12.9. The van der Waals surface area contributed by atoms with Crippen molar-refractivity contribution >= 4 is 21.6 Å². The number of amides is 1. The second kappa shape index (κ2) is 8.27. The fourth-order valence-electron chi connectivity index (χ4n) is 3.21. The maximum absolute atomic E-state index is 12.9. The summed E-state index contributed by atoms with van der Waals surface area (Å²) in [5.41, 5.74) is 0.127. The van der Waals surface area contributed by atoms with Crippen LogP contribution in [0.5, 0.6) is 0 Å². The largest absolute Gasteiger partial charge is 0.416 e. The average molecular weight is 441 g/mol. The van der Waals surface area contributed by atoms with Crippen molar-refractivity contribution in [2.24, 2.45) is 0 Å². The van der Waals surface area contributed by atoms with Crippen molar-refractivity contribution < 1.29 is 26.4 Å². The lowest BCUT2D eigenvalue weighted by molar-refractivity contribution is -0.137. The summed E-state index contributed by atoms with van der Waals surface area (Å²) in [6.07, 6.45) is -4.40. The van der Waals surface area contributed by atoms with E-state index in [-0.39, 0.29) is 10.8 Å². The number of carbonyl (C=O) groups excluding carboxylic acids is 1. The van der Waals surface area contributed by atoms with E-state index in [2.05, 4.69) is 0 Å². The zero-order chi connectivity index (χ0) is 22.1. The molecule has 1 aliphatic heterocycles. The number of benzene rings is 2. The van der Waals surface area contributed by atoms with Crippen LogP contribution in [0.1, 0.15) is 15.9 Å². The summed E-state index contributed by atoms with van der Waals surface area (Å²) in [6.45, 7) is 1.51. The van der Waals surface area contributed by atoms with Crippen molar-refractivity contribution in [1.29, 1.82) is 0 Å². The van der Waals surface area contributed by atoms with Gasteiger partial charge in [0.15, 0.2) is 0 Å². The van der Waals surface area contributed by atoms with E-state index >= 15 is 0 Å². The normalized spacial score (nSPS) is 15.5. The molecule has 1 saturated heterocycles. The van der Waals surface area contributed by atoms with Crippen molar-refractivity contribution in [3.63, 3.8) is 0 Å². The molecular weight excluding hydrogens is 419 g/mol. The maximum Gasteiger partial charge on any atom is 0.416 e. The van der Waals surface area contributed by atoms with Crippen molar-refractivity contribution in [3.05, 3.63) is 59.7 Å². The second-order valence-electron chi connectivity index (χ2n) is 7.14. The predicted molar refractivity (Wildman–Crippen MR) is 107 cm³/mol. The molecule has 30 heavy (non-hydrogen) atoms. The summed E-state index contributed by atoms with van der Waals surface area (Å²) in [5.74, 6) is -0.243. The number of carbonyl (C=O) groups is 1. The number of rotatable bonds is 4. The molecule has 1 fully saturated rings. The van der Waals surface area contributed by atoms with Gasteiger partial charge < -0.3 is 9.80 Å². The van der Waals surface area contributed by atoms with Gasteiger partial charge in [-0.25, -0.2) is 12.7 Å². The van der Waals surface area contributed by atoms with Gasteiger partial charge in [0.05, 0.1) is 10.5 Å². The third-order valence-electron chi connectivity index (χ3n) is 4.99. The Morgan fingerprint density at radius 2 is 1.57 bits per heavy atom. The number of piperazine rings is 1. The molecule has 0 aliphatic carbocycles. The lowest BCUT2D eigenvalue weighted by Gasteiger charge is -2.36. The Kier molecular flexibility index (Phi) is 6.09. The van der Waals surface area contributed by atoms with E-state index in [9.17, 15) is 26.4 Å². The Labute approximate surface area is 173 Å². The molecule has 2 aromatic rings. The van der Waals surface area contributed by atoms with E-state index in [4.69, 9.17) is 0 Å². The quantitative estimate of drug-likeness (QED) is 0.732. The molecule has 1 aliphatic rings. The molecule has 2 aromatic carbocycles. The van der Waals surface area contributed by atoms with Gasteiger partial charge in [0.2, 0.25) is 10.0 Å². The van der Waals surface area contributed by atoms with Crippen LogP contribution >= 0.6 is 0 Å². The summed E-state index contributed by atoms with van der Waals surface area (Å²) in [6, 6.07) is 10.9. The lowest BCUT2D eigenvalue weighted by Crippen LogP contribution is -2.48.